The Morgan fingerprint density at radius 3 is 2.38 bits per heavy atom. The summed E-state index contributed by atoms with van der Waals surface area (Å²) >= 11 is 0. The van der Waals surface area contributed by atoms with Gasteiger partial charge in [0.15, 0.2) is 0 Å². The largest absolute Gasteiger partial charge is 0.480 e. The van der Waals surface area contributed by atoms with E-state index in [1.54, 1.807) is 13.8 Å². The summed E-state index contributed by atoms with van der Waals surface area (Å²) in [4.78, 5) is 34.8. The van der Waals surface area contributed by atoms with Gasteiger partial charge in [0.2, 0.25) is 11.8 Å². The van der Waals surface area contributed by atoms with Crippen LogP contribution in [-0.4, -0.2) is 40.4 Å². The SMILES string of the molecule is CC(C)C(C(=O)O)N1CC(C(N)=O)CC1=O. The van der Waals surface area contributed by atoms with Crippen molar-refractivity contribution in [3.8, 4) is 0 Å². The van der Waals surface area contributed by atoms with Gasteiger partial charge in [-0.2, -0.15) is 0 Å². The topological polar surface area (TPSA) is 101 Å². The Bertz CT molecular complexity index is 327. The number of hydrogen-bond donors (Lipinski definition) is 2. The molecule has 2 amide bonds. The summed E-state index contributed by atoms with van der Waals surface area (Å²) in [7, 11) is 0. The van der Waals surface area contributed by atoms with Gasteiger partial charge in [0.25, 0.3) is 0 Å². The minimum Gasteiger partial charge on any atom is -0.480 e. The molecule has 0 spiro atoms. The van der Waals surface area contributed by atoms with Crippen LogP contribution in [0.1, 0.15) is 20.3 Å². The second-order valence-electron chi connectivity index (χ2n) is 4.38. The van der Waals surface area contributed by atoms with Gasteiger partial charge >= 0.3 is 5.97 Å². The first kappa shape index (κ1) is 12.5. The third-order valence-electron chi connectivity index (χ3n) is 2.78. The van der Waals surface area contributed by atoms with E-state index in [-0.39, 0.29) is 24.8 Å². The van der Waals surface area contributed by atoms with Crippen molar-refractivity contribution >= 4 is 17.8 Å². The summed E-state index contributed by atoms with van der Waals surface area (Å²) in [5, 5.41) is 9.04. The molecule has 0 saturated carbocycles. The Balaban J connectivity index is 2.84. The number of carboxylic acids is 1. The minimum absolute atomic E-state index is 0.0197. The van der Waals surface area contributed by atoms with Crippen LogP contribution in [0.15, 0.2) is 0 Å². The zero-order chi connectivity index (χ0) is 12.5. The van der Waals surface area contributed by atoms with E-state index < -0.39 is 23.8 Å². The molecule has 6 heteroatoms. The molecule has 1 aliphatic heterocycles. The number of hydrogen-bond acceptors (Lipinski definition) is 3. The standard InChI is InChI=1S/C10H16N2O4/c1-5(2)8(10(15)16)12-4-6(9(11)14)3-7(12)13/h5-6,8H,3-4H2,1-2H3,(H2,11,14)(H,15,16). The molecule has 6 nitrogen and oxygen atoms in total. The Morgan fingerprint density at radius 1 is 1.50 bits per heavy atom. The zero-order valence-corrected chi connectivity index (χ0v) is 9.34. The van der Waals surface area contributed by atoms with Gasteiger partial charge in [-0.25, -0.2) is 4.79 Å². The number of amides is 2. The Kier molecular flexibility index (Phi) is 3.51. The molecule has 0 aliphatic carbocycles. The molecular weight excluding hydrogens is 212 g/mol. The van der Waals surface area contributed by atoms with Crippen molar-refractivity contribution in [2.24, 2.45) is 17.6 Å². The zero-order valence-electron chi connectivity index (χ0n) is 9.34. The highest BCUT2D eigenvalue weighted by Crippen LogP contribution is 2.23. The number of aliphatic carboxylic acids is 1. The minimum atomic E-state index is -1.05. The van der Waals surface area contributed by atoms with Crippen molar-refractivity contribution in [3.05, 3.63) is 0 Å². The van der Waals surface area contributed by atoms with Crippen LogP contribution in [0.2, 0.25) is 0 Å². The first-order chi connectivity index (χ1) is 7.34. The predicted molar refractivity (Wildman–Crippen MR) is 55.3 cm³/mol. The molecule has 0 aromatic carbocycles. The molecular formula is C10H16N2O4. The lowest BCUT2D eigenvalue weighted by atomic mass is 10.0. The number of carbonyl (C=O) groups is 3. The molecule has 2 unspecified atom stereocenters. The average molecular weight is 228 g/mol. The fourth-order valence-electron chi connectivity index (χ4n) is 1.97. The Labute approximate surface area is 93.4 Å². The van der Waals surface area contributed by atoms with E-state index in [9.17, 15) is 14.4 Å². The van der Waals surface area contributed by atoms with Crippen molar-refractivity contribution < 1.29 is 19.5 Å². The highest BCUT2D eigenvalue weighted by Gasteiger charge is 2.40. The lowest BCUT2D eigenvalue weighted by Gasteiger charge is -2.27. The lowest BCUT2D eigenvalue weighted by Crippen LogP contribution is -2.46. The van der Waals surface area contributed by atoms with Crippen molar-refractivity contribution in [3.63, 3.8) is 0 Å². The third kappa shape index (κ3) is 2.32. The summed E-state index contributed by atoms with van der Waals surface area (Å²) in [5.74, 6) is -2.68. The molecule has 90 valence electrons. The van der Waals surface area contributed by atoms with Crippen molar-refractivity contribution in [2.75, 3.05) is 6.54 Å². The smallest absolute Gasteiger partial charge is 0.326 e. The molecule has 1 heterocycles. The van der Waals surface area contributed by atoms with Gasteiger partial charge in [-0.05, 0) is 5.92 Å². The van der Waals surface area contributed by atoms with E-state index in [1.807, 2.05) is 0 Å². The Morgan fingerprint density at radius 2 is 2.06 bits per heavy atom. The molecule has 2 atom stereocenters. The van der Waals surface area contributed by atoms with Crippen LogP contribution in [0.25, 0.3) is 0 Å². The maximum atomic E-state index is 11.6. The quantitative estimate of drug-likeness (QED) is 0.672. The molecule has 0 bridgehead atoms. The monoisotopic (exact) mass is 228 g/mol. The van der Waals surface area contributed by atoms with E-state index >= 15 is 0 Å². The molecule has 1 rings (SSSR count). The maximum Gasteiger partial charge on any atom is 0.326 e. The van der Waals surface area contributed by atoms with E-state index in [0.29, 0.717) is 0 Å². The van der Waals surface area contributed by atoms with Crippen LogP contribution in [0.4, 0.5) is 0 Å². The van der Waals surface area contributed by atoms with Gasteiger partial charge in [0.05, 0.1) is 5.92 Å². The fourth-order valence-corrected chi connectivity index (χ4v) is 1.97. The van der Waals surface area contributed by atoms with Gasteiger partial charge in [-0.15, -0.1) is 0 Å². The number of likely N-dealkylation sites (tertiary alicyclic amines) is 1. The number of carboxylic acid groups (broad SMARTS) is 1. The van der Waals surface area contributed by atoms with Crippen LogP contribution in [0.3, 0.4) is 0 Å². The number of nitrogens with zero attached hydrogens (tertiary/aromatic N) is 1. The summed E-state index contributed by atoms with van der Waals surface area (Å²) < 4.78 is 0. The van der Waals surface area contributed by atoms with Crippen LogP contribution in [0.5, 0.6) is 0 Å². The molecule has 1 fully saturated rings. The van der Waals surface area contributed by atoms with E-state index in [0.717, 1.165) is 0 Å². The summed E-state index contributed by atoms with van der Waals surface area (Å²) in [6, 6.07) is -0.878. The van der Waals surface area contributed by atoms with Gasteiger partial charge in [0, 0.05) is 13.0 Å². The molecule has 0 aromatic heterocycles. The van der Waals surface area contributed by atoms with Crippen LogP contribution in [-0.2, 0) is 14.4 Å². The highest BCUT2D eigenvalue weighted by molar-refractivity contribution is 5.91. The molecule has 1 aliphatic rings. The van der Waals surface area contributed by atoms with Gasteiger partial charge in [0.1, 0.15) is 6.04 Å². The maximum absolute atomic E-state index is 11.6. The highest BCUT2D eigenvalue weighted by atomic mass is 16.4. The second kappa shape index (κ2) is 4.51. The average Bonchev–Trinajstić information content (AvgIpc) is 2.47. The fraction of sp³-hybridized carbons (Fsp3) is 0.700. The molecule has 3 N–H and O–H groups in total. The van der Waals surface area contributed by atoms with Gasteiger partial charge < -0.3 is 15.7 Å². The molecule has 16 heavy (non-hydrogen) atoms. The first-order valence-corrected chi connectivity index (χ1v) is 5.16. The van der Waals surface area contributed by atoms with Crippen LogP contribution in [0, 0.1) is 11.8 Å². The second-order valence-corrected chi connectivity index (χ2v) is 4.38. The predicted octanol–water partition coefficient (Wildman–Crippen LogP) is -0.571. The number of rotatable bonds is 4. The van der Waals surface area contributed by atoms with Gasteiger partial charge in [-0.3, -0.25) is 9.59 Å². The van der Waals surface area contributed by atoms with Crippen LogP contribution < -0.4 is 5.73 Å². The first-order valence-electron chi connectivity index (χ1n) is 5.16. The summed E-state index contributed by atoms with van der Waals surface area (Å²) in [6.07, 6.45) is 0.0197. The molecule has 0 aromatic rings. The van der Waals surface area contributed by atoms with E-state index in [4.69, 9.17) is 10.8 Å². The normalized spacial score (nSPS) is 22.6. The van der Waals surface area contributed by atoms with Crippen molar-refractivity contribution in [1.82, 2.24) is 4.90 Å². The Hall–Kier alpha value is -1.59. The third-order valence-corrected chi connectivity index (χ3v) is 2.78. The number of nitrogens with two attached hydrogens (primary N) is 1. The molecule has 1 saturated heterocycles. The van der Waals surface area contributed by atoms with E-state index in [2.05, 4.69) is 0 Å². The van der Waals surface area contributed by atoms with Gasteiger partial charge in [-0.1, -0.05) is 13.8 Å². The number of primary amides is 1. The molecule has 0 radical (unpaired) electrons. The van der Waals surface area contributed by atoms with Crippen molar-refractivity contribution in [2.45, 2.75) is 26.3 Å². The van der Waals surface area contributed by atoms with Crippen LogP contribution >= 0.6 is 0 Å². The summed E-state index contributed by atoms with van der Waals surface area (Å²) in [6.45, 7) is 3.57. The van der Waals surface area contributed by atoms with Crippen molar-refractivity contribution in [1.29, 1.82) is 0 Å². The lowest BCUT2D eigenvalue weighted by molar-refractivity contribution is -0.150. The number of carbonyl (C=O) groups excluding carboxylic acids is 2. The summed E-state index contributed by atoms with van der Waals surface area (Å²) in [5.41, 5.74) is 5.11. The van der Waals surface area contributed by atoms with E-state index in [1.165, 1.54) is 4.90 Å².